The van der Waals surface area contributed by atoms with Gasteiger partial charge >= 0.3 is 0 Å². The summed E-state index contributed by atoms with van der Waals surface area (Å²) in [6, 6.07) is 1.17. The van der Waals surface area contributed by atoms with Crippen LogP contribution in [-0.2, 0) is 0 Å². The summed E-state index contributed by atoms with van der Waals surface area (Å²) in [5, 5.41) is 0. The summed E-state index contributed by atoms with van der Waals surface area (Å²) >= 11 is 0. The lowest BCUT2D eigenvalue weighted by atomic mass is 10.3. The van der Waals surface area contributed by atoms with Crippen LogP contribution in [0.4, 0.5) is 14.5 Å². The molecule has 14 heavy (non-hydrogen) atoms. The fourth-order valence-corrected chi connectivity index (χ4v) is 0.938. The van der Waals surface area contributed by atoms with Crippen molar-refractivity contribution in [3.63, 3.8) is 0 Å². The average molecular weight is 202 g/mol. The molecule has 0 unspecified atom stereocenters. The molecule has 0 atom stereocenters. The van der Waals surface area contributed by atoms with E-state index in [2.05, 4.69) is 4.98 Å². The van der Waals surface area contributed by atoms with Gasteiger partial charge in [-0.15, -0.1) is 0 Å². The summed E-state index contributed by atoms with van der Waals surface area (Å²) in [7, 11) is 0. The quantitative estimate of drug-likeness (QED) is 0.818. The smallest absolute Gasteiger partial charge is 0.280 e. The molecule has 0 radical (unpaired) electrons. The van der Waals surface area contributed by atoms with Crippen molar-refractivity contribution in [3.8, 4) is 5.75 Å². The highest BCUT2D eigenvalue weighted by atomic mass is 19.3. The zero-order chi connectivity index (χ0) is 10.7. The normalized spacial score (nSPS) is 11.0. The van der Waals surface area contributed by atoms with Crippen LogP contribution in [0, 0.1) is 0 Å². The molecule has 0 fully saturated rings. The number of rotatable bonds is 3. The molecule has 1 aromatic heterocycles. The highest BCUT2D eigenvalue weighted by molar-refractivity contribution is 5.51. The predicted octanol–water partition coefficient (Wildman–Crippen LogP) is 2.39. The number of ether oxygens (including phenoxy) is 1. The minimum atomic E-state index is -2.61. The van der Waals surface area contributed by atoms with Gasteiger partial charge in [0.2, 0.25) is 0 Å². The molecule has 0 aromatic carbocycles. The molecule has 0 saturated carbocycles. The van der Waals surface area contributed by atoms with Gasteiger partial charge in [0.1, 0.15) is 11.4 Å². The molecule has 5 heteroatoms. The van der Waals surface area contributed by atoms with Gasteiger partial charge in [0.15, 0.2) is 0 Å². The zero-order valence-electron chi connectivity index (χ0n) is 8.00. The van der Waals surface area contributed by atoms with Crippen LogP contribution in [0.25, 0.3) is 0 Å². The van der Waals surface area contributed by atoms with Gasteiger partial charge in [-0.1, -0.05) is 0 Å². The summed E-state index contributed by atoms with van der Waals surface area (Å²) in [5.74, 6) is 0.255. The Bertz CT molecular complexity index is 316. The molecule has 3 nitrogen and oxygen atoms in total. The molecular formula is C9H12F2N2O. The number of anilines is 1. The molecule has 0 bridgehead atoms. The van der Waals surface area contributed by atoms with E-state index in [9.17, 15) is 8.78 Å². The number of nitrogen functional groups attached to an aromatic ring is 1. The molecule has 1 heterocycles. The Morgan fingerprint density at radius 2 is 2.07 bits per heavy atom. The summed E-state index contributed by atoms with van der Waals surface area (Å²) in [6.45, 7) is 3.59. The number of pyridine rings is 1. The number of halogens is 2. The molecule has 0 aliphatic carbocycles. The van der Waals surface area contributed by atoms with Crippen molar-refractivity contribution in [3.05, 3.63) is 18.0 Å². The highest BCUT2D eigenvalue weighted by Crippen LogP contribution is 2.26. The van der Waals surface area contributed by atoms with Gasteiger partial charge in [-0.05, 0) is 13.8 Å². The molecule has 1 rings (SSSR count). The minimum absolute atomic E-state index is 0.106. The molecule has 2 N–H and O–H groups in total. The summed E-state index contributed by atoms with van der Waals surface area (Å²) in [5.41, 5.74) is 5.45. The van der Waals surface area contributed by atoms with Crippen LogP contribution in [-0.4, -0.2) is 11.1 Å². The Hall–Kier alpha value is -1.39. The second-order valence-corrected chi connectivity index (χ2v) is 3.11. The third-order valence-electron chi connectivity index (χ3n) is 1.50. The Balaban J connectivity index is 2.96. The first-order valence-electron chi connectivity index (χ1n) is 4.21. The predicted molar refractivity (Wildman–Crippen MR) is 49.4 cm³/mol. The maximum atomic E-state index is 12.3. The van der Waals surface area contributed by atoms with E-state index < -0.39 is 6.43 Å². The van der Waals surface area contributed by atoms with Crippen LogP contribution in [0.2, 0.25) is 0 Å². The SMILES string of the molecule is CC(C)Oc1cc(C(F)F)ncc1N. The molecule has 0 amide bonds. The molecule has 0 aliphatic heterocycles. The van der Waals surface area contributed by atoms with Crippen molar-refractivity contribution in [2.24, 2.45) is 0 Å². The maximum absolute atomic E-state index is 12.3. The van der Waals surface area contributed by atoms with Crippen molar-refractivity contribution >= 4 is 5.69 Å². The van der Waals surface area contributed by atoms with E-state index in [1.165, 1.54) is 12.3 Å². The number of hydrogen-bond donors (Lipinski definition) is 1. The first-order valence-corrected chi connectivity index (χ1v) is 4.21. The topological polar surface area (TPSA) is 48.1 Å². The third-order valence-corrected chi connectivity index (χ3v) is 1.50. The molecule has 0 aliphatic rings. The van der Waals surface area contributed by atoms with Crippen LogP contribution >= 0.6 is 0 Å². The zero-order valence-corrected chi connectivity index (χ0v) is 8.00. The molecule has 0 saturated heterocycles. The molecular weight excluding hydrogens is 190 g/mol. The van der Waals surface area contributed by atoms with E-state index in [-0.39, 0.29) is 23.2 Å². The van der Waals surface area contributed by atoms with E-state index in [1.54, 1.807) is 13.8 Å². The Kier molecular flexibility index (Phi) is 3.22. The summed E-state index contributed by atoms with van der Waals surface area (Å²) in [6.07, 6.45) is -1.53. The van der Waals surface area contributed by atoms with Crippen molar-refractivity contribution in [1.29, 1.82) is 0 Å². The Morgan fingerprint density at radius 3 is 2.57 bits per heavy atom. The lowest BCUT2D eigenvalue weighted by Gasteiger charge is -2.12. The van der Waals surface area contributed by atoms with Gasteiger partial charge in [0, 0.05) is 6.07 Å². The maximum Gasteiger partial charge on any atom is 0.280 e. The van der Waals surface area contributed by atoms with Crippen molar-refractivity contribution in [1.82, 2.24) is 4.98 Å². The second-order valence-electron chi connectivity index (χ2n) is 3.11. The van der Waals surface area contributed by atoms with Gasteiger partial charge in [0.05, 0.1) is 18.0 Å². The van der Waals surface area contributed by atoms with Crippen molar-refractivity contribution in [2.75, 3.05) is 5.73 Å². The fourth-order valence-electron chi connectivity index (χ4n) is 0.938. The molecule has 78 valence electrons. The molecule has 1 aromatic rings. The monoisotopic (exact) mass is 202 g/mol. The number of nitrogens with two attached hydrogens (primary N) is 1. The van der Waals surface area contributed by atoms with E-state index in [4.69, 9.17) is 10.5 Å². The van der Waals surface area contributed by atoms with Gasteiger partial charge in [-0.2, -0.15) is 0 Å². The van der Waals surface area contributed by atoms with E-state index in [0.717, 1.165) is 0 Å². The first-order chi connectivity index (χ1) is 6.50. The molecule has 0 spiro atoms. The standard InChI is InChI=1S/C9H12F2N2O/c1-5(2)14-8-3-7(9(10)11)13-4-6(8)12/h3-5,9H,12H2,1-2H3. The van der Waals surface area contributed by atoms with Crippen LogP contribution in [0.3, 0.4) is 0 Å². The summed E-state index contributed by atoms with van der Waals surface area (Å²) < 4.78 is 29.8. The van der Waals surface area contributed by atoms with Gasteiger partial charge in [-0.3, -0.25) is 4.98 Å². The van der Waals surface area contributed by atoms with Gasteiger partial charge < -0.3 is 10.5 Å². The lowest BCUT2D eigenvalue weighted by Crippen LogP contribution is -2.08. The number of nitrogens with zero attached hydrogens (tertiary/aromatic N) is 1. The summed E-state index contributed by atoms with van der Waals surface area (Å²) in [4.78, 5) is 3.49. The average Bonchev–Trinajstić information content (AvgIpc) is 2.07. The van der Waals surface area contributed by atoms with Crippen molar-refractivity contribution < 1.29 is 13.5 Å². The van der Waals surface area contributed by atoms with E-state index in [0.29, 0.717) is 0 Å². The lowest BCUT2D eigenvalue weighted by molar-refractivity contribution is 0.145. The third kappa shape index (κ3) is 2.55. The van der Waals surface area contributed by atoms with Crippen LogP contribution in [0.5, 0.6) is 5.75 Å². The van der Waals surface area contributed by atoms with Crippen LogP contribution < -0.4 is 10.5 Å². The number of alkyl halides is 2. The number of aromatic nitrogens is 1. The van der Waals surface area contributed by atoms with Crippen LogP contribution in [0.1, 0.15) is 26.0 Å². The highest BCUT2D eigenvalue weighted by Gasteiger charge is 2.12. The Labute approximate surface area is 80.9 Å². The largest absolute Gasteiger partial charge is 0.489 e. The van der Waals surface area contributed by atoms with Crippen LogP contribution in [0.15, 0.2) is 12.3 Å². The van der Waals surface area contributed by atoms with E-state index >= 15 is 0 Å². The fraction of sp³-hybridized carbons (Fsp3) is 0.444. The number of hydrogen-bond acceptors (Lipinski definition) is 3. The van der Waals surface area contributed by atoms with Gasteiger partial charge in [0.25, 0.3) is 6.43 Å². The Morgan fingerprint density at radius 1 is 1.43 bits per heavy atom. The first kappa shape index (κ1) is 10.7. The van der Waals surface area contributed by atoms with Crippen molar-refractivity contribution in [2.45, 2.75) is 26.4 Å². The minimum Gasteiger partial charge on any atom is -0.489 e. The van der Waals surface area contributed by atoms with E-state index in [1.807, 2.05) is 0 Å². The van der Waals surface area contributed by atoms with Gasteiger partial charge in [-0.25, -0.2) is 8.78 Å². The second kappa shape index (κ2) is 4.21.